The van der Waals surface area contributed by atoms with Crippen LogP contribution in [0.1, 0.15) is 24.2 Å². The van der Waals surface area contributed by atoms with Crippen LogP contribution in [-0.4, -0.2) is 55.8 Å². The number of piperidine rings is 1. The number of imidazole rings is 1. The topological polar surface area (TPSA) is 53.7 Å². The van der Waals surface area contributed by atoms with Crippen molar-refractivity contribution in [2.24, 2.45) is 5.92 Å². The molecule has 0 spiro atoms. The Morgan fingerprint density at radius 2 is 1.96 bits per heavy atom. The number of carbonyl (C=O) groups excluding carboxylic acids is 1. The van der Waals surface area contributed by atoms with Gasteiger partial charge in [0.2, 0.25) is 5.91 Å². The number of carbonyl (C=O) groups is 1. The summed E-state index contributed by atoms with van der Waals surface area (Å²) in [5.41, 5.74) is 2.96. The minimum Gasteiger partial charge on any atom is -0.340 e. The van der Waals surface area contributed by atoms with Gasteiger partial charge in [0.15, 0.2) is 0 Å². The van der Waals surface area contributed by atoms with Gasteiger partial charge in [-0.2, -0.15) is 0 Å². The molecular weight excluding hydrogens is 350 g/mol. The second kappa shape index (κ2) is 7.36. The molecule has 0 aliphatic carbocycles. The summed E-state index contributed by atoms with van der Waals surface area (Å²) in [5, 5.41) is 0. The molecule has 0 aromatic carbocycles. The number of aromatic nitrogens is 3. The van der Waals surface area contributed by atoms with Gasteiger partial charge in [0, 0.05) is 50.8 Å². The zero-order valence-corrected chi connectivity index (χ0v) is 15.9. The highest BCUT2D eigenvalue weighted by atomic mass is 16.2. The minimum absolute atomic E-state index is 0.210. The molecule has 2 bridgehead atoms. The summed E-state index contributed by atoms with van der Waals surface area (Å²) in [6.07, 6.45) is 8.44. The summed E-state index contributed by atoms with van der Waals surface area (Å²) in [4.78, 5) is 26.6. The Bertz CT molecular complexity index is 969. The Labute approximate surface area is 164 Å². The molecule has 6 heterocycles. The maximum atomic E-state index is 13.1. The van der Waals surface area contributed by atoms with Crippen molar-refractivity contribution < 1.29 is 4.79 Å². The second-order valence-electron chi connectivity index (χ2n) is 8.00. The van der Waals surface area contributed by atoms with E-state index >= 15 is 0 Å². The van der Waals surface area contributed by atoms with Crippen LogP contribution in [-0.2, 0) is 17.8 Å². The molecule has 0 N–H and O–H groups in total. The Balaban J connectivity index is 1.30. The molecule has 1 amide bonds. The molecule has 3 fully saturated rings. The number of amides is 1. The second-order valence-corrected chi connectivity index (χ2v) is 8.00. The van der Waals surface area contributed by atoms with Crippen LogP contribution in [0.15, 0.2) is 55.0 Å². The van der Waals surface area contributed by atoms with Crippen LogP contribution in [0.3, 0.4) is 0 Å². The van der Waals surface area contributed by atoms with E-state index in [1.165, 1.54) is 6.42 Å². The quantitative estimate of drug-likeness (QED) is 0.703. The van der Waals surface area contributed by atoms with Crippen LogP contribution in [0.2, 0.25) is 0 Å². The first-order chi connectivity index (χ1) is 13.8. The zero-order valence-electron chi connectivity index (χ0n) is 15.9. The van der Waals surface area contributed by atoms with Crippen molar-refractivity contribution in [3.05, 3.63) is 66.4 Å². The van der Waals surface area contributed by atoms with E-state index in [-0.39, 0.29) is 5.91 Å². The number of fused-ring (bicyclic) bond motifs is 5. The van der Waals surface area contributed by atoms with Gasteiger partial charge in [-0.05, 0) is 43.0 Å². The van der Waals surface area contributed by atoms with E-state index in [0.717, 1.165) is 49.6 Å². The zero-order chi connectivity index (χ0) is 18.9. The predicted octanol–water partition coefficient (Wildman–Crippen LogP) is 2.39. The summed E-state index contributed by atoms with van der Waals surface area (Å²) in [5.74, 6) is 0.760. The van der Waals surface area contributed by atoms with E-state index in [1.54, 1.807) is 0 Å². The Hall–Kier alpha value is -2.73. The van der Waals surface area contributed by atoms with Gasteiger partial charge in [-0.3, -0.25) is 14.7 Å². The molecule has 3 aliphatic heterocycles. The third-order valence-corrected chi connectivity index (χ3v) is 6.10. The molecule has 0 radical (unpaired) electrons. The fourth-order valence-electron chi connectivity index (χ4n) is 4.66. The third-order valence-electron chi connectivity index (χ3n) is 6.10. The fourth-order valence-corrected chi connectivity index (χ4v) is 4.66. The Kier molecular flexibility index (Phi) is 4.56. The molecule has 0 saturated carbocycles. The molecule has 3 saturated heterocycles. The number of hydrogen-bond acceptors (Lipinski definition) is 4. The van der Waals surface area contributed by atoms with E-state index < -0.39 is 0 Å². The molecule has 2 atom stereocenters. The normalized spacial score (nSPS) is 22.5. The van der Waals surface area contributed by atoms with Crippen LogP contribution >= 0.6 is 0 Å². The first-order valence-corrected chi connectivity index (χ1v) is 10.1. The maximum absolute atomic E-state index is 13.1. The van der Waals surface area contributed by atoms with Gasteiger partial charge < -0.3 is 9.30 Å². The number of nitrogens with zero attached hydrogens (tertiary/aromatic N) is 5. The van der Waals surface area contributed by atoms with Crippen LogP contribution in [0.4, 0.5) is 0 Å². The van der Waals surface area contributed by atoms with Crippen LogP contribution in [0.25, 0.3) is 5.65 Å². The van der Waals surface area contributed by atoms with Crippen molar-refractivity contribution in [3.63, 3.8) is 0 Å². The number of pyridine rings is 2. The average Bonchev–Trinajstić information content (AvgIpc) is 2.90. The molecule has 28 heavy (non-hydrogen) atoms. The predicted molar refractivity (Wildman–Crippen MR) is 107 cm³/mol. The highest BCUT2D eigenvalue weighted by molar-refractivity contribution is 5.78. The minimum atomic E-state index is 0.210. The highest BCUT2D eigenvalue weighted by Crippen LogP contribution is 2.29. The van der Waals surface area contributed by atoms with Crippen molar-refractivity contribution in [1.82, 2.24) is 24.2 Å². The SMILES string of the molecule is O=C(Cc1cnc2ccccn12)N1CC2CCC(C1)N(Cc1ccccn1)C2. The van der Waals surface area contributed by atoms with Crippen LogP contribution < -0.4 is 0 Å². The van der Waals surface area contributed by atoms with Gasteiger partial charge in [0.05, 0.1) is 17.8 Å². The fraction of sp³-hybridized carbons (Fsp3) is 0.409. The van der Waals surface area contributed by atoms with Crippen molar-refractivity contribution >= 4 is 11.6 Å². The highest BCUT2D eigenvalue weighted by Gasteiger charge is 2.36. The Morgan fingerprint density at radius 1 is 1.04 bits per heavy atom. The van der Waals surface area contributed by atoms with Gasteiger partial charge in [0.25, 0.3) is 0 Å². The van der Waals surface area contributed by atoms with Crippen LogP contribution in [0.5, 0.6) is 0 Å². The summed E-state index contributed by atoms with van der Waals surface area (Å²) in [6.45, 7) is 3.61. The maximum Gasteiger partial charge on any atom is 0.228 e. The molecular formula is C22H25N5O. The smallest absolute Gasteiger partial charge is 0.228 e. The van der Waals surface area contributed by atoms with E-state index in [9.17, 15) is 4.79 Å². The summed E-state index contributed by atoms with van der Waals surface area (Å²) >= 11 is 0. The Morgan fingerprint density at radius 3 is 2.86 bits per heavy atom. The first kappa shape index (κ1) is 17.4. The van der Waals surface area contributed by atoms with Crippen molar-refractivity contribution in [3.8, 4) is 0 Å². The molecule has 2 unspecified atom stereocenters. The van der Waals surface area contributed by atoms with Crippen molar-refractivity contribution in [1.29, 1.82) is 0 Å². The lowest BCUT2D eigenvalue weighted by Gasteiger charge is -2.35. The summed E-state index contributed by atoms with van der Waals surface area (Å²) in [6, 6.07) is 12.4. The van der Waals surface area contributed by atoms with E-state index in [2.05, 4.69) is 25.8 Å². The molecule has 6 rings (SSSR count). The average molecular weight is 375 g/mol. The van der Waals surface area contributed by atoms with Crippen molar-refractivity contribution in [2.75, 3.05) is 19.6 Å². The van der Waals surface area contributed by atoms with E-state index in [0.29, 0.717) is 18.4 Å². The number of hydrogen-bond donors (Lipinski definition) is 0. The van der Waals surface area contributed by atoms with Gasteiger partial charge in [-0.25, -0.2) is 4.98 Å². The summed E-state index contributed by atoms with van der Waals surface area (Å²) < 4.78 is 2.01. The molecule has 6 nitrogen and oxygen atoms in total. The van der Waals surface area contributed by atoms with Gasteiger partial charge in [-0.1, -0.05) is 12.1 Å². The molecule has 3 aromatic rings. The van der Waals surface area contributed by atoms with Gasteiger partial charge in [0.1, 0.15) is 5.65 Å². The standard InChI is InChI=1S/C22H25N5O/c28-22(11-20-12-24-21-6-2-4-10-27(20)21)26-14-17-7-8-19(16-26)25(13-17)15-18-5-1-3-9-23-18/h1-6,9-10,12,17,19H,7-8,11,13-16H2. The molecule has 6 heteroatoms. The van der Waals surface area contributed by atoms with Gasteiger partial charge in [-0.15, -0.1) is 0 Å². The first-order valence-electron chi connectivity index (χ1n) is 10.1. The lowest BCUT2D eigenvalue weighted by molar-refractivity contribution is -0.130. The number of rotatable bonds is 4. The molecule has 144 valence electrons. The lowest BCUT2D eigenvalue weighted by Crippen LogP contribution is -2.44. The van der Waals surface area contributed by atoms with Crippen molar-refractivity contribution in [2.45, 2.75) is 31.8 Å². The lowest BCUT2D eigenvalue weighted by atomic mass is 9.95. The third kappa shape index (κ3) is 3.40. The van der Waals surface area contributed by atoms with E-state index in [1.807, 2.05) is 53.3 Å². The molecule has 3 aromatic heterocycles. The summed E-state index contributed by atoms with van der Waals surface area (Å²) in [7, 11) is 0. The van der Waals surface area contributed by atoms with Gasteiger partial charge >= 0.3 is 0 Å². The monoisotopic (exact) mass is 375 g/mol. The molecule has 3 aliphatic rings. The van der Waals surface area contributed by atoms with Crippen LogP contribution in [0, 0.1) is 5.92 Å². The largest absolute Gasteiger partial charge is 0.340 e. The van der Waals surface area contributed by atoms with E-state index in [4.69, 9.17) is 0 Å².